The molecule has 0 atom stereocenters. The maximum atomic E-state index is 12.9. The Morgan fingerprint density at radius 2 is 2.26 bits per heavy atom. The van der Waals surface area contributed by atoms with E-state index in [9.17, 15) is 4.79 Å². The molecule has 0 radical (unpaired) electrons. The number of hydrogen-bond donors (Lipinski definition) is 1. The van der Waals surface area contributed by atoms with Crippen molar-refractivity contribution in [2.24, 2.45) is 4.99 Å². The predicted molar refractivity (Wildman–Crippen MR) is 113 cm³/mol. The molecule has 8 heteroatoms. The first-order valence-electron chi connectivity index (χ1n) is 8.35. The first-order valence-corrected chi connectivity index (χ1v) is 9.92. The minimum absolute atomic E-state index is 0.243. The lowest BCUT2D eigenvalue weighted by atomic mass is 10.2. The molecule has 0 spiro atoms. The molecule has 3 rings (SSSR count). The minimum atomic E-state index is -0.243. The maximum Gasteiger partial charge on any atom is 0.270 e. The second-order valence-electron chi connectivity index (χ2n) is 5.78. The molecule has 1 aliphatic rings. The van der Waals surface area contributed by atoms with Crippen molar-refractivity contribution < 1.29 is 4.79 Å². The molecule has 27 heavy (non-hydrogen) atoms. The highest BCUT2D eigenvalue weighted by atomic mass is 35.5. The summed E-state index contributed by atoms with van der Waals surface area (Å²) in [7, 11) is 0. The number of nitrogens with zero attached hydrogens (tertiary/aromatic N) is 3. The first kappa shape index (κ1) is 19.6. The average molecular weight is 421 g/mol. The van der Waals surface area contributed by atoms with E-state index in [1.807, 2.05) is 25.1 Å². The molecule has 0 fully saturated rings. The minimum Gasteiger partial charge on any atom is -0.344 e. The third-order valence-corrected chi connectivity index (χ3v) is 5.43. The van der Waals surface area contributed by atoms with E-state index < -0.39 is 0 Å². The smallest absolute Gasteiger partial charge is 0.270 e. The number of aliphatic imine (C=N–C) groups is 1. The predicted octanol–water partition coefficient (Wildman–Crippen LogP) is 4.84. The Hall–Kier alpha value is -2.15. The van der Waals surface area contributed by atoms with Crippen LogP contribution in [0.4, 0.5) is 0 Å². The SMILES string of the molecule is C=N/C(CC)=C(/C(=O)NCc1nc2ccc(Cl)cc2s1)N1C=C(Cl)C=CC1. The van der Waals surface area contributed by atoms with Crippen molar-refractivity contribution >= 4 is 57.4 Å². The number of allylic oxidation sites excluding steroid dienone is 3. The van der Waals surface area contributed by atoms with E-state index in [-0.39, 0.29) is 5.91 Å². The highest BCUT2D eigenvalue weighted by molar-refractivity contribution is 7.18. The van der Waals surface area contributed by atoms with Crippen LogP contribution in [0.3, 0.4) is 0 Å². The second kappa shape index (κ2) is 8.69. The van der Waals surface area contributed by atoms with Crippen molar-refractivity contribution in [2.45, 2.75) is 19.9 Å². The first-order chi connectivity index (χ1) is 13.0. The van der Waals surface area contributed by atoms with Crippen LogP contribution in [0.15, 0.2) is 58.0 Å². The third-order valence-electron chi connectivity index (χ3n) is 3.95. The van der Waals surface area contributed by atoms with Crippen LogP contribution in [0.5, 0.6) is 0 Å². The van der Waals surface area contributed by atoms with Crippen LogP contribution in [-0.2, 0) is 11.3 Å². The van der Waals surface area contributed by atoms with E-state index in [1.54, 1.807) is 23.2 Å². The van der Waals surface area contributed by atoms with Gasteiger partial charge in [0, 0.05) is 17.8 Å². The topological polar surface area (TPSA) is 57.6 Å². The number of aromatic nitrogens is 1. The summed E-state index contributed by atoms with van der Waals surface area (Å²) in [5.41, 5.74) is 1.92. The highest BCUT2D eigenvalue weighted by Gasteiger charge is 2.21. The molecule has 140 valence electrons. The van der Waals surface area contributed by atoms with Gasteiger partial charge in [-0.25, -0.2) is 4.98 Å². The van der Waals surface area contributed by atoms with Crippen LogP contribution in [-0.4, -0.2) is 29.1 Å². The lowest BCUT2D eigenvalue weighted by Gasteiger charge is -2.25. The maximum absolute atomic E-state index is 12.9. The van der Waals surface area contributed by atoms with Crippen molar-refractivity contribution in [1.82, 2.24) is 15.2 Å². The number of nitrogens with one attached hydrogen (secondary N) is 1. The van der Waals surface area contributed by atoms with Gasteiger partial charge in [0.1, 0.15) is 10.7 Å². The summed E-state index contributed by atoms with van der Waals surface area (Å²) in [6.45, 7) is 6.38. The monoisotopic (exact) mass is 420 g/mol. The molecule has 2 heterocycles. The zero-order chi connectivity index (χ0) is 19.4. The number of thiazole rings is 1. The van der Waals surface area contributed by atoms with Gasteiger partial charge in [-0.05, 0) is 37.4 Å². The van der Waals surface area contributed by atoms with Crippen molar-refractivity contribution in [3.05, 3.63) is 63.0 Å². The number of rotatable bonds is 6. The fraction of sp³-hybridized carbons (Fsp3) is 0.211. The highest BCUT2D eigenvalue weighted by Crippen LogP contribution is 2.26. The molecule has 1 aromatic heterocycles. The fourth-order valence-electron chi connectivity index (χ4n) is 2.72. The Kier molecular flexibility index (Phi) is 6.31. The molecule has 1 N–H and O–H groups in total. The zero-order valence-corrected chi connectivity index (χ0v) is 17.0. The van der Waals surface area contributed by atoms with E-state index in [1.165, 1.54) is 11.3 Å². The molecule has 5 nitrogen and oxygen atoms in total. The molecule has 1 aromatic carbocycles. The Balaban J connectivity index is 1.80. The fourth-order valence-corrected chi connectivity index (χ4v) is 4.11. The number of fused-ring (bicyclic) bond motifs is 1. The lowest BCUT2D eigenvalue weighted by Crippen LogP contribution is -2.34. The molecule has 0 bridgehead atoms. The van der Waals surface area contributed by atoms with Crippen molar-refractivity contribution in [3.63, 3.8) is 0 Å². The van der Waals surface area contributed by atoms with Gasteiger partial charge >= 0.3 is 0 Å². The van der Waals surface area contributed by atoms with Crippen LogP contribution in [0.25, 0.3) is 10.2 Å². The molecule has 1 aliphatic heterocycles. The number of carbonyl (C=O) groups is 1. The van der Waals surface area contributed by atoms with E-state index in [0.29, 0.717) is 41.0 Å². The number of hydrogen-bond acceptors (Lipinski definition) is 5. The second-order valence-corrected chi connectivity index (χ2v) is 7.77. The lowest BCUT2D eigenvalue weighted by molar-refractivity contribution is -0.118. The van der Waals surface area contributed by atoms with E-state index in [4.69, 9.17) is 23.2 Å². The zero-order valence-electron chi connectivity index (χ0n) is 14.7. The molecule has 2 aromatic rings. The molecule has 0 aliphatic carbocycles. The summed E-state index contributed by atoms with van der Waals surface area (Å²) in [5, 5.41) is 4.95. The molecule has 1 amide bonds. The Morgan fingerprint density at radius 1 is 1.44 bits per heavy atom. The van der Waals surface area contributed by atoms with Crippen LogP contribution in [0, 0.1) is 0 Å². The normalized spacial score (nSPS) is 14.8. The van der Waals surface area contributed by atoms with Crippen LogP contribution in [0.2, 0.25) is 5.02 Å². The van der Waals surface area contributed by atoms with Gasteiger partial charge in [0.2, 0.25) is 0 Å². The molecular formula is C19H18Cl2N4OS. The number of carbonyl (C=O) groups excluding carboxylic acids is 1. The van der Waals surface area contributed by atoms with Gasteiger partial charge in [-0.1, -0.05) is 36.2 Å². The standard InChI is InChI=1S/C19H18Cl2N4OS/c1-3-14(22-2)18(25-8-4-5-13(21)11-25)19(26)23-10-17-24-15-7-6-12(20)9-16(15)27-17/h4-7,9,11H,2-3,8,10H2,1H3,(H,23,26)/b18-14-. The number of benzene rings is 1. The van der Waals surface area contributed by atoms with Crippen molar-refractivity contribution in [1.29, 1.82) is 0 Å². The van der Waals surface area contributed by atoms with E-state index >= 15 is 0 Å². The van der Waals surface area contributed by atoms with Gasteiger partial charge in [0.05, 0.1) is 27.5 Å². The van der Waals surface area contributed by atoms with Gasteiger partial charge in [-0.3, -0.25) is 9.79 Å². The summed E-state index contributed by atoms with van der Waals surface area (Å²) >= 11 is 13.6. The van der Waals surface area contributed by atoms with Crippen molar-refractivity contribution in [3.8, 4) is 0 Å². The molecule has 0 unspecified atom stereocenters. The summed E-state index contributed by atoms with van der Waals surface area (Å²) in [4.78, 5) is 23.3. The van der Waals surface area contributed by atoms with Gasteiger partial charge in [-0.2, -0.15) is 0 Å². The van der Waals surface area contributed by atoms with Crippen LogP contribution >= 0.6 is 34.5 Å². The number of amides is 1. The Bertz CT molecular complexity index is 977. The molecule has 0 saturated heterocycles. The van der Waals surface area contributed by atoms with Crippen LogP contribution < -0.4 is 5.32 Å². The van der Waals surface area contributed by atoms with Crippen LogP contribution in [0.1, 0.15) is 18.4 Å². The van der Waals surface area contributed by atoms with Gasteiger partial charge in [0.15, 0.2) is 0 Å². The molecular weight excluding hydrogens is 403 g/mol. The number of halogens is 2. The Morgan fingerprint density at radius 3 is 2.96 bits per heavy atom. The molecule has 0 saturated carbocycles. The summed E-state index contributed by atoms with van der Waals surface area (Å²) < 4.78 is 0.986. The summed E-state index contributed by atoms with van der Waals surface area (Å²) in [5.74, 6) is -0.243. The largest absolute Gasteiger partial charge is 0.344 e. The Labute approximate surface area is 171 Å². The van der Waals surface area contributed by atoms with Gasteiger partial charge in [-0.15, -0.1) is 11.3 Å². The quantitative estimate of drug-likeness (QED) is 0.537. The van der Waals surface area contributed by atoms with E-state index in [2.05, 4.69) is 22.0 Å². The average Bonchev–Trinajstić information content (AvgIpc) is 3.06. The summed E-state index contributed by atoms with van der Waals surface area (Å²) in [6, 6.07) is 5.54. The van der Waals surface area contributed by atoms with E-state index in [0.717, 1.165) is 15.2 Å². The van der Waals surface area contributed by atoms with Gasteiger partial charge in [0.25, 0.3) is 5.91 Å². The third kappa shape index (κ3) is 4.58. The van der Waals surface area contributed by atoms with Gasteiger partial charge < -0.3 is 10.2 Å². The van der Waals surface area contributed by atoms with Crippen molar-refractivity contribution in [2.75, 3.05) is 6.54 Å². The summed E-state index contributed by atoms with van der Waals surface area (Å²) in [6.07, 6.45) is 5.99.